The van der Waals surface area contributed by atoms with Gasteiger partial charge in [-0.3, -0.25) is 14.6 Å². The molecule has 3 aromatic rings. The Bertz CT molecular complexity index is 885. The van der Waals surface area contributed by atoms with Crippen LogP contribution in [0.2, 0.25) is 0 Å². The standard InChI is InChI=1S/C22H26N4OS/c1-17(18-7-3-2-4-8-18)23-21(27)15-25-11-13-26(14-12-25)16-22-24-19-9-5-6-10-20(19)28-22/h2-10,17H,11-16H2,1H3,(H,23,27)/t17-/m0/s1. The molecule has 0 radical (unpaired) electrons. The van der Waals surface area contributed by atoms with Gasteiger partial charge in [0.1, 0.15) is 5.01 Å². The molecule has 1 aliphatic heterocycles. The van der Waals surface area contributed by atoms with Gasteiger partial charge in [0.15, 0.2) is 0 Å². The highest BCUT2D eigenvalue weighted by atomic mass is 32.1. The first-order valence-electron chi connectivity index (χ1n) is 9.81. The van der Waals surface area contributed by atoms with Crippen LogP contribution < -0.4 is 5.32 Å². The first-order valence-corrected chi connectivity index (χ1v) is 10.6. The van der Waals surface area contributed by atoms with Crippen LogP contribution in [0.15, 0.2) is 54.6 Å². The number of amides is 1. The van der Waals surface area contributed by atoms with Crippen LogP contribution in [0, 0.1) is 0 Å². The summed E-state index contributed by atoms with van der Waals surface area (Å²) in [5.74, 6) is 0.0935. The molecule has 146 valence electrons. The zero-order valence-electron chi connectivity index (χ0n) is 16.2. The van der Waals surface area contributed by atoms with Gasteiger partial charge in [-0.05, 0) is 24.6 Å². The molecule has 0 saturated carbocycles. The summed E-state index contributed by atoms with van der Waals surface area (Å²) in [5.41, 5.74) is 2.22. The number of carbonyl (C=O) groups is 1. The number of hydrogen-bond donors (Lipinski definition) is 1. The lowest BCUT2D eigenvalue weighted by Crippen LogP contribution is -2.49. The Kier molecular flexibility index (Phi) is 6.00. The normalized spacial score (nSPS) is 16.9. The van der Waals surface area contributed by atoms with E-state index in [4.69, 9.17) is 4.98 Å². The van der Waals surface area contributed by atoms with Gasteiger partial charge in [-0.1, -0.05) is 42.5 Å². The van der Waals surface area contributed by atoms with Gasteiger partial charge in [0, 0.05) is 26.2 Å². The molecule has 6 heteroatoms. The third-order valence-electron chi connectivity index (χ3n) is 5.21. The van der Waals surface area contributed by atoms with Gasteiger partial charge in [0.25, 0.3) is 0 Å². The average molecular weight is 395 g/mol. The molecule has 0 spiro atoms. The molecule has 1 fully saturated rings. The molecule has 1 saturated heterocycles. The summed E-state index contributed by atoms with van der Waals surface area (Å²) in [6.45, 7) is 7.16. The van der Waals surface area contributed by atoms with Crippen molar-refractivity contribution in [1.29, 1.82) is 0 Å². The highest BCUT2D eigenvalue weighted by Crippen LogP contribution is 2.23. The second-order valence-electron chi connectivity index (χ2n) is 7.33. The van der Waals surface area contributed by atoms with Crippen LogP contribution in [0.3, 0.4) is 0 Å². The third kappa shape index (κ3) is 4.76. The van der Waals surface area contributed by atoms with E-state index in [1.165, 1.54) is 9.71 Å². The van der Waals surface area contributed by atoms with Gasteiger partial charge in [-0.15, -0.1) is 11.3 Å². The quantitative estimate of drug-likeness (QED) is 0.697. The molecule has 0 bridgehead atoms. The molecular weight excluding hydrogens is 368 g/mol. The van der Waals surface area contributed by atoms with Gasteiger partial charge in [-0.25, -0.2) is 4.98 Å². The van der Waals surface area contributed by atoms with Gasteiger partial charge >= 0.3 is 0 Å². The molecule has 1 N–H and O–H groups in total. The molecule has 0 aliphatic carbocycles. The average Bonchev–Trinajstić information content (AvgIpc) is 3.12. The Morgan fingerprint density at radius 1 is 1.04 bits per heavy atom. The maximum absolute atomic E-state index is 12.4. The number of rotatable bonds is 6. The van der Waals surface area contributed by atoms with E-state index in [0.717, 1.165) is 43.8 Å². The molecular formula is C22H26N4OS. The van der Waals surface area contributed by atoms with E-state index in [1.54, 1.807) is 11.3 Å². The Labute approximate surface area is 170 Å². The molecule has 2 heterocycles. The van der Waals surface area contributed by atoms with Gasteiger partial charge < -0.3 is 5.32 Å². The minimum Gasteiger partial charge on any atom is -0.348 e. The summed E-state index contributed by atoms with van der Waals surface area (Å²) in [6, 6.07) is 18.4. The number of hydrogen-bond acceptors (Lipinski definition) is 5. The molecule has 5 nitrogen and oxygen atoms in total. The van der Waals surface area contributed by atoms with E-state index in [-0.39, 0.29) is 11.9 Å². The van der Waals surface area contributed by atoms with Gasteiger partial charge in [0.05, 0.1) is 29.3 Å². The molecule has 1 atom stereocenters. The third-order valence-corrected chi connectivity index (χ3v) is 6.23. The van der Waals surface area contributed by atoms with Crippen LogP contribution >= 0.6 is 11.3 Å². The SMILES string of the molecule is C[C@H](NC(=O)CN1CCN(Cc2nc3ccccc3s2)CC1)c1ccccc1. The lowest BCUT2D eigenvalue weighted by Gasteiger charge is -2.34. The van der Waals surface area contributed by atoms with Gasteiger partial charge in [-0.2, -0.15) is 0 Å². The zero-order chi connectivity index (χ0) is 19.3. The van der Waals surface area contributed by atoms with Crippen LogP contribution in [0.5, 0.6) is 0 Å². The number of piperazine rings is 1. The predicted molar refractivity (Wildman–Crippen MR) is 114 cm³/mol. The fourth-order valence-electron chi connectivity index (χ4n) is 3.60. The fraction of sp³-hybridized carbons (Fsp3) is 0.364. The van der Waals surface area contributed by atoms with E-state index in [1.807, 2.05) is 43.3 Å². The number of fused-ring (bicyclic) bond motifs is 1. The van der Waals surface area contributed by atoms with Crippen molar-refractivity contribution in [3.8, 4) is 0 Å². The Balaban J connectivity index is 1.23. The minimum absolute atomic E-state index is 0.0361. The molecule has 1 aliphatic rings. The van der Waals surface area contributed by atoms with Gasteiger partial charge in [0.2, 0.25) is 5.91 Å². The van der Waals surface area contributed by atoms with Crippen molar-refractivity contribution in [2.75, 3.05) is 32.7 Å². The van der Waals surface area contributed by atoms with Crippen molar-refractivity contribution < 1.29 is 4.79 Å². The Morgan fingerprint density at radius 2 is 1.71 bits per heavy atom. The molecule has 2 aromatic carbocycles. The van der Waals surface area contributed by atoms with Crippen LogP contribution in [0.25, 0.3) is 10.2 Å². The van der Waals surface area contributed by atoms with E-state index < -0.39 is 0 Å². The topological polar surface area (TPSA) is 48.5 Å². The van der Waals surface area contributed by atoms with E-state index in [2.05, 4.69) is 33.3 Å². The second kappa shape index (κ2) is 8.82. The smallest absolute Gasteiger partial charge is 0.234 e. The number of nitrogens with one attached hydrogen (secondary N) is 1. The summed E-state index contributed by atoms with van der Waals surface area (Å²) in [4.78, 5) is 21.8. The summed E-state index contributed by atoms with van der Waals surface area (Å²) in [5, 5.41) is 4.28. The monoisotopic (exact) mass is 394 g/mol. The number of carbonyl (C=O) groups excluding carboxylic acids is 1. The maximum atomic E-state index is 12.4. The largest absolute Gasteiger partial charge is 0.348 e. The number of para-hydroxylation sites is 1. The minimum atomic E-state index is 0.0361. The summed E-state index contributed by atoms with van der Waals surface area (Å²) in [6.07, 6.45) is 0. The van der Waals surface area contributed by atoms with Crippen molar-refractivity contribution in [2.24, 2.45) is 0 Å². The van der Waals surface area contributed by atoms with Crippen molar-refractivity contribution in [2.45, 2.75) is 19.5 Å². The number of aromatic nitrogens is 1. The molecule has 0 unspecified atom stereocenters. The summed E-state index contributed by atoms with van der Waals surface area (Å²) < 4.78 is 1.25. The highest BCUT2D eigenvalue weighted by molar-refractivity contribution is 7.18. The van der Waals surface area contributed by atoms with Crippen LogP contribution in [0.4, 0.5) is 0 Å². The Morgan fingerprint density at radius 3 is 2.46 bits per heavy atom. The zero-order valence-corrected chi connectivity index (χ0v) is 17.0. The summed E-state index contributed by atoms with van der Waals surface area (Å²) in [7, 11) is 0. The molecule has 28 heavy (non-hydrogen) atoms. The van der Waals surface area contributed by atoms with Crippen molar-refractivity contribution >= 4 is 27.5 Å². The first-order chi connectivity index (χ1) is 13.7. The lowest BCUT2D eigenvalue weighted by atomic mass is 10.1. The molecule has 1 amide bonds. The van der Waals surface area contributed by atoms with Crippen molar-refractivity contribution in [3.05, 3.63) is 65.2 Å². The second-order valence-corrected chi connectivity index (χ2v) is 8.44. The number of nitrogens with zero attached hydrogens (tertiary/aromatic N) is 3. The fourth-order valence-corrected chi connectivity index (χ4v) is 4.61. The highest BCUT2D eigenvalue weighted by Gasteiger charge is 2.20. The predicted octanol–water partition coefficient (Wildman–Crippen LogP) is 3.29. The van der Waals surface area contributed by atoms with Crippen molar-refractivity contribution in [1.82, 2.24) is 20.1 Å². The van der Waals surface area contributed by atoms with Crippen molar-refractivity contribution in [3.63, 3.8) is 0 Å². The van der Waals surface area contributed by atoms with E-state index >= 15 is 0 Å². The number of thiazole rings is 1. The molecule has 1 aromatic heterocycles. The molecule has 4 rings (SSSR count). The first kappa shape index (κ1) is 19.1. The van der Waals surface area contributed by atoms with Crippen LogP contribution in [-0.4, -0.2) is 53.4 Å². The Hall–Kier alpha value is -2.28. The lowest BCUT2D eigenvalue weighted by molar-refractivity contribution is -0.123. The number of benzene rings is 2. The van der Waals surface area contributed by atoms with E-state index in [9.17, 15) is 4.79 Å². The van der Waals surface area contributed by atoms with Crippen LogP contribution in [0.1, 0.15) is 23.5 Å². The van der Waals surface area contributed by atoms with E-state index in [0.29, 0.717) is 6.54 Å². The summed E-state index contributed by atoms with van der Waals surface area (Å²) >= 11 is 1.78. The maximum Gasteiger partial charge on any atom is 0.234 e. The van der Waals surface area contributed by atoms with Crippen LogP contribution in [-0.2, 0) is 11.3 Å².